The smallest absolute Gasteiger partial charge is 0.181 e. The minimum atomic E-state index is 0.833. The second kappa shape index (κ2) is 3.46. The van der Waals surface area contributed by atoms with E-state index in [9.17, 15) is 0 Å². The van der Waals surface area contributed by atoms with Crippen LogP contribution in [0, 0.1) is 13.8 Å². The molecule has 2 rings (SSSR count). The van der Waals surface area contributed by atoms with Gasteiger partial charge in [-0.05, 0) is 25.3 Å². The second-order valence-electron chi connectivity index (χ2n) is 3.03. The Balaban J connectivity index is 2.59. The molecule has 0 aliphatic rings. The van der Waals surface area contributed by atoms with Crippen molar-refractivity contribution in [2.45, 2.75) is 13.8 Å². The highest BCUT2D eigenvalue weighted by Crippen LogP contribution is 2.38. The van der Waals surface area contributed by atoms with Gasteiger partial charge >= 0.3 is 0 Å². The van der Waals surface area contributed by atoms with Gasteiger partial charge < -0.3 is 9.26 Å². The SMILES string of the molecule is COc1sccc1-c1c(C)noc1C. The average molecular weight is 209 g/mol. The van der Waals surface area contributed by atoms with E-state index in [0.29, 0.717) is 0 Å². The summed E-state index contributed by atoms with van der Waals surface area (Å²) < 4.78 is 10.4. The number of hydrogen-bond acceptors (Lipinski definition) is 4. The van der Waals surface area contributed by atoms with Crippen molar-refractivity contribution < 1.29 is 9.26 Å². The Bertz CT molecular complexity index is 425. The Morgan fingerprint density at radius 1 is 1.43 bits per heavy atom. The zero-order valence-electron chi connectivity index (χ0n) is 8.33. The maximum atomic E-state index is 5.27. The summed E-state index contributed by atoms with van der Waals surface area (Å²) in [4.78, 5) is 0. The molecule has 0 bridgehead atoms. The van der Waals surface area contributed by atoms with E-state index in [1.54, 1.807) is 18.4 Å². The van der Waals surface area contributed by atoms with Crippen LogP contribution < -0.4 is 4.74 Å². The molecule has 3 nitrogen and oxygen atoms in total. The highest BCUT2D eigenvalue weighted by Gasteiger charge is 2.16. The van der Waals surface area contributed by atoms with Crippen molar-refractivity contribution in [3.8, 4) is 16.2 Å². The largest absolute Gasteiger partial charge is 0.487 e. The molecule has 0 aliphatic carbocycles. The summed E-state index contributed by atoms with van der Waals surface area (Å²) in [5, 5.41) is 6.82. The lowest BCUT2D eigenvalue weighted by Gasteiger charge is -2.00. The number of rotatable bonds is 2. The standard InChI is InChI=1S/C10H11NO2S/c1-6-9(7(2)13-11-6)8-4-5-14-10(8)12-3/h4-5H,1-3H3. The Hall–Kier alpha value is -1.29. The topological polar surface area (TPSA) is 35.3 Å². The van der Waals surface area contributed by atoms with Gasteiger partial charge in [0, 0.05) is 5.56 Å². The Labute approximate surface area is 86.3 Å². The molecule has 0 unspecified atom stereocenters. The molecule has 0 fully saturated rings. The summed E-state index contributed by atoms with van der Waals surface area (Å²) in [6.45, 7) is 3.84. The first-order chi connectivity index (χ1) is 6.74. The van der Waals surface area contributed by atoms with Crippen LogP contribution in [0.3, 0.4) is 0 Å². The third kappa shape index (κ3) is 1.32. The number of nitrogens with zero attached hydrogens (tertiary/aromatic N) is 1. The highest BCUT2D eigenvalue weighted by atomic mass is 32.1. The molecule has 2 aromatic heterocycles. The molecule has 0 atom stereocenters. The van der Waals surface area contributed by atoms with Crippen LogP contribution in [0.5, 0.6) is 5.06 Å². The van der Waals surface area contributed by atoms with E-state index < -0.39 is 0 Å². The average Bonchev–Trinajstić information content (AvgIpc) is 2.73. The quantitative estimate of drug-likeness (QED) is 0.762. The van der Waals surface area contributed by atoms with Crippen LogP contribution >= 0.6 is 11.3 Å². The Kier molecular flexibility index (Phi) is 2.29. The minimum Gasteiger partial charge on any atom is -0.487 e. The second-order valence-corrected chi connectivity index (χ2v) is 3.90. The molecule has 0 saturated carbocycles. The van der Waals surface area contributed by atoms with Crippen LogP contribution in [0.2, 0.25) is 0 Å². The van der Waals surface area contributed by atoms with Gasteiger partial charge in [-0.2, -0.15) is 0 Å². The molecule has 0 saturated heterocycles. The lowest BCUT2D eigenvalue weighted by molar-refractivity contribution is 0.393. The first-order valence-corrected chi connectivity index (χ1v) is 5.16. The number of aryl methyl sites for hydroxylation is 2. The Morgan fingerprint density at radius 3 is 2.79 bits per heavy atom. The van der Waals surface area contributed by atoms with Gasteiger partial charge in [0.15, 0.2) is 5.06 Å². The molecule has 74 valence electrons. The summed E-state index contributed by atoms with van der Waals surface area (Å²) in [6, 6.07) is 2.02. The number of hydrogen-bond donors (Lipinski definition) is 0. The molecule has 0 N–H and O–H groups in total. The van der Waals surface area contributed by atoms with Gasteiger partial charge in [-0.15, -0.1) is 11.3 Å². The highest BCUT2D eigenvalue weighted by molar-refractivity contribution is 7.12. The molecule has 0 amide bonds. The molecule has 4 heteroatoms. The molecule has 14 heavy (non-hydrogen) atoms. The van der Waals surface area contributed by atoms with E-state index in [2.05, 4.69) is 5.16 Å². The number of aromatic nitrogens is 1. The van der Waals surface area contributed by atoms with Gasteiger partial charge in [0.25, 0.3) is 0 Å². The first-order valence-electron chi connectivity index (χ1n) is 4.28. The van der Waals surface area contributed by atoms with Crippen molar-refractivity contribution in [3.63, 3.8) is 0 Å². The van der Waals surface area contributed by atoms with Gasteiger partial charge in [0.05, 0.1) is 18.4 Å². The van der Waals surface area contributed by atoms with Gasteiger partial charge in [-0.1, -0.05) is 5.16 Å². The zero-order valence-corrected chi connectivity index (χ0v) is 9.14. The summed E-state index contributed by atoms with van der Waals surface area (Å²) in [7, 11) is 1.67. The van der Waals surface area contributed by atoms with E-state index in [1.165, 1.54) is 0 Å². The molecular formula is C10H11NO2S. The van der Waals surface area contributed by atoms with Crippen LogP contribution in [0.1, 0.15) is 11.5 Å². The fourth-order valence-corrected chi connectivity index (χ4v) is 2.23. The van der Waals surface area contributed by atoms with Crippen molar-refractivity contribution in [2.24, 2.45) is 0 Å². The Morgan fingerprint density at radius 2 is 2.21 bits per heavy atom. The van der Waals surface area contributed by atoms with E-state index in [1.807, 2.05) is 25.3 Å². The maximum absolute atomic E-state index is 5.27. The number of ether oxygens (including phenoxy) is 1. The third-order valence-corrected chi connectivity index (χ3v) is 2.99. The third-order valence-electron chi connectivity index (χ3n) is 2.12. The normalized spacial score (nSPS) is 10.5. The van der Waals surface area contributed by atoms with E-state index in [4.69, 9.17) is 9.26 Å². The van der Waals surface area contributed by atoms with Crippen molar-refractivity contribution in [3.05, 3.63) is 22.9 Å². The van der Waals surface area contributed by atoms with Crippen LogP contribution in [0.4, 0.5) is 0 Å². The molecule has 0 radical (unpaired) electrons. The number of thiophene rings is 1. The van der Waals surface area contributed by atoms with Crippen molar-refractivity contribution in [1.29, 1.82) is 0 Å². The summed E-state index contributed by atoms with van der Waals surface area (Å²) >= 11 is 1.57. The fraction of sp³-hybridized carbons (Fsp3) is 0.300. The molecular weight excluding hydrogens is 198 g/mol. The monoisotopic (exact) mass is 209 g/mol. The van der Waals surface area contributed by atoms with Gasteiger partial charge in [0.2, 0.25) is 0 Å². The lowest BCUT2D eigenvalue weighted by atomic mass is 10.1. The van der Waals surface area contributed by atoms with Crippen LogP contribution in [-0.4, -0.2) is 12.3 Å². The van der Waals surface area contributed by atoms with E-state index in [0.717, 1.165) is 27.6 Å². The van der Waals surface area contributed by atoms with Crippen molar-refractivity contribution >= 4 is 11.3 Å². The lowest BCUT2D eigenvalue weighted by Crippen LogP contribution is -1.84. The van der Waals surface area contributed by atoms with Crippen LogP contribution in [-0.2, 0) is 0 Å². The molecule has 0 spiro atoms. The maximum Gasteiger partial charge on any atom is 0.181 e. The van der Waals surface area contributed by atoms with Crippen LogP contribution in [0.25, 0.3) is 11.1 Å². The van der Waals surface area contributed by atoms with Crippen molar-refractivity contribution in [1.82, 2.24) is 5.16 Å². The van der Waals surface area contributed by atoms with Crippen LogP contribution in [0.15, 0.2) is 16.0 Å². The van der Waals surface area contributed by atoms with Gasteiger partial charge in [-0.25, -0.2) is 0 Å². The van der Waals surface area contributed by atoms with Gasteiger partial charge in [-0.3, -0.25) is 0 Å². The van der Waals surface area contributed by atoms with Crippen molar-refractivity contribution in [2.75, 3.05) is 7.11 Å². The van der Waals surface area contributed by atoms with E-state index in [-0.39, 0.29) is 0 Å². The first kappa shape index (κ1) is 9.27. The predicted molar refractivity (Wildman–Crippen MR) is 55.8 cm³/mol. The minimum absolute atomic E-state index is 0.833. The predicted octanol–water partition coefficient (Wildman–Crippen LogP) is 3.03. The summed E-state index contributed by atoms with van der Waals surface area (Å²) in [6.07, 6.45) is 0. The molecule has 0 aromatic carbocycles. The summed E-state index contributed by atoms with van der Waals surface area (Å²) in [5.74, 6) is 0.833. The van der Waals surface area contributed by atoms with E-state index >= 15 is 0 Å². The van der Waals surface area contributed by atoms with Gasteiger partial charge in [0.1, 0.15) is 5.76 Å². The summed E-state index contributed by atoms with van der Waals surface area (Å²) in [5.41, 5.74) is 3.01. The molecule has 2 aromatic rings. The molecule has 2 heterocycles. The number of methoxy groups -OCH3 is 1. The zero-order chi connectivity index (χ0) is 10.1. The fourth-order valence-electron chi connectivity index (χ4n) is 1.51. The molecule has 0 aliphatic heterocycles.